The first-order valence-electron chi connectivity index (χ1n) is 6.07. The monoisotopic (exact) mass is 233 g/mol. The Bertz CT molecular complexity index is 428. The van der Waals surface area contributed by atoms with E-state index in [2.05, 4.69) is 15.5 Å². The minimum Gasteiger partial charge on any atom is -0.481 e. The Kier molecular flexibility index (Phi) is 2.46. The van der Waals surface area contributed by atoms with Gasteiger partial charge in [-0.3, -0.25) is 4.79 Å². The Labute approximate surface area is 99.3 Å². The van der Waals surface area contributed by atoms with Crippen LogP contribution in [0.15, 0.2) is 12.1 Å². The van der Waals surface area contributed by atoms with Crippen LogP contribution >= 0.6 is 0 Å². The van der Waals surface area contributed by atoms with Crippen molar-refractivity contribution in [2.45, 2.75) is 37.6 Å². The van der Waals surface area contributed by atoms with Gasteiger partial charge in [-0.05, 0) is 31.4 Å². The molecule has 90 valence electrons. The van der Waals surface area contributed by atoms with Gasteiger partial charge in [0, 0.05) is 12.0 Å². The second-order valence-corrected chi connectivity index (χ2v) is 4.90. The fraction of sp³-hybridized carbons (Fsp3) is 0.583. The van der Waals surface area contributed by atoms with Gasteiger partial charge in [0.15, 0.2) is 0 Å². The predicted molar refractivity (Wildman–Crippen MR) is 61.8 cm³/mol. The maximum absolute atomic E-state index is 10.7. The molecule has 1 heterocycles. The number of carbonyl (C=O) groups is 1. The molecule has 2 N–H and O–H groups in total. The third-order valence-electron chi connectivity index (χ3n) is 3.65. The molecule has 3 rings (SSSR count). The molecule has 0 saturated heterocycles. The third kappa shape index (κ3) is 2.09. The molecular formula is C12H15N3O2. The van der Waals surface area contributed by atoms with Crippen LogP contribution in [0.3, 0.4) is 0 Å². The Morgan fingerprint density at radius 1 is 1.35 bits per heavy atom. The van der Waals surface area contributed by atoms with Crippen molar-refractivity contribution in [3.63, 3.8) is 0 Å². The minimum atomic E-state index is -0.735. The minimum absolute atomic E-state index is 0.0244. The number of aromatic nitrogens is 2. The summed E-state index contributed by atoms with van der Waals surface area (Å²) in [6.07, 6.45) is 4.40. The smallest absolute Gasteiger partial charge is 0.308 e. The number of hydrogen-bond acceptors (Lipinski definition) is 4. The average molecular weight is 233 g/mol. The lowest BCUT2D eigenvalue weighted by Gasteiger charge is -2.24. The molecule has 1 aromatic rings. The highest BCUT2D eigenvalue weighted by Crippen LogP contribution is 2.36. The van der Waals surface area contributed by atoms with Crippen molar-refractivity contribution >= 4 is 11.8 Å². The molecule has 2 aliphatic carbocycles. The SMILES string of the molecule is O=C(O)C1CC1Nc1ccc(C2CCC2)nn1. The van der Waals surface area contributed by atoms with Crippen LogP contribution in [0.4, 0.5) is 5.82 Å². The second-order valence-electron chi connectivity index (χ2n) is 4.90. The molecule has 0 aromatic carbocycles. The zero-order chi connectivity index (χ0) is 11.8. The quantitative estimate of drug-likeness (QED) is 0.826. The van der Waals surface area contributed by atoms with Crippen molar-refractivity contribution in [3.05, 3.63) is 17.8 Å². The maximum Gasteiger partial charge on any atom is 0.308 e. The van der Waals surface area contributed by atoms with Crippen LogP contribution in [-0.4, -0.2) is 27.3 Å². The lowest BCUT2D eigenvalue weighted by atomic mass is 9.83. The summed E-state index contributed by atoms with van der Waals surface area (Å²) < 4.78 is 0. The Balaban J connectivity index is 1.59. The van der Waals surface area contributed by atoms with Gasteiger partial charge in [-0.1, -0.05) is 6.42 Å². The summed E-state index contributed by atoms with van der Waals surface area (Å²) in [6, 6.07) is 3.92. The first-order chi connectivity index (χ1) is 8.24. The molecule has 0 bridgehead atoms. The van der Waals surface area contributed by atoms with E-state index in [-0.39, 0.29) is 12.0 Å². The van der Waals surface area contributed by atoms with Gasteiger partial charge in [-0.15, -0.1) is 5.10 Å². The molecule has 0 spiro atoms. The molecule has 2 aliphatic rings. The highest BCUT2D eigenvalue weighted by molar-refractivity contribution is 5.75. The van der Waals surface area contributed by atoms with E-state index in [0.717, 1.165) is 5.69 Å². The summed E-state index contributed by atoms with van der Waals surface area (Å²) in [7, 11) is 0. The van der Waals surface area contributed by atoms with Gasteiger partial charge in [0.25, 0.3) is 0 Å². The predicted octanol–water partition coefficient (Wildman–Crippen LogP) is 1.63. The van der Waals surface area contributed by atoms with Crippen LogP contribution in [0, 0.1) is 5.92 Å². The van der Waals surface area contributed by atoms with E-state index < -0.39 is 5.97 Å². The molecule has 0 amide bonds. The van der Waals surface area contributed by atoms with Crippen LogP contribution in [-0.2, 0) is 4.79 Å². The fourth-order valence-electron chi connectivity index (χ4n) is 2.16. The third-order valence-corrected chi connectivity index (χ3v) is 3.65. The Morgan fingerprint density at radius 3 is 2.65 bits per heavy atom. The summed E-state index contributed by atoms with van der Waals surface area (Å²) in [5.41, 5.74) is 1.06. The molecule has 2 atom stereocenters. The molecule has 2 unspecified atom stereocenters. The number of carboxylic acid groups (broad SMARTS) is 1. The van der Waals surface area contributed by atoms with E-state index in [9.17, 15) is 4.79 Å². The summed E-state index contributed by atoms with van der Waals surface area (Å²) in [5, 5.41) is 20.2. The van der Waals surface area contributed by atoms with E-state index in [4.69, 9.17) is 5.11 Å². The van der Waals surface area contributed by atoms with Crippen molar-refractivity contribution in [1.82, 2.24) is 10.2 Å². The maximum atomic E-state index is 10.7. The Morgan fingerprint density at radius 2 is 2.18 bits per heavy atom. The highest BCUT2D eigenvalue weighted by atomic mass is 16.4. The summed E-state index contributed by atoms with van der Waals surface area (Å²) >= 11 is 0. The zero-order valence-electron chi connectivity index (χ0n) is 9.47. The summed E-state index contributed by atoms with van der Waals surface area (Å²) in [6.45, 7) is 0. The van der Waals surface area contributed by atoms with E-state index in [1.165, 1.54) is 19.3 Å². The molecule has 2 fully saturated rings. The molecule has 0 radical (unpaired) electrons. The number of aliphatic carboxylic acids is 1. The zero-order valence-corrected chi connectivity index (χ0v) is 9.47. The van der Waals surface area contributed by atoms with Crippen LogP contribution in [0.25, 0.3) is 0 Å². The van der Waals surface area contributed by atoms with Gasteiger partial charge in [0.05, 0.1) is 11.6 Å². The van der Waals surface area contributed by atoms with Crippen LogP contribution in [0.1, 0.15) is 37.3 Å². The van der Waals surface area contributed by atoms with Gasteiger partial charge in [0.2, 0.25) is 0 Å². The fourth-order valence-corrected chi connectivity index (χ4v) is 2.16. The van der Waals surface area contributed by atoms with E-state index >= 15 is 0 Å². The number of nitrogens with zero attached hydrogens (tertiary/aromatic N) is 2. The van der Waals surface area contributed by atoms with Crippen LogP contribution in [0.5, 0.6) is 0 Å². The lowest BCUT2D eigenvalue weighted by Crippen LogP contribution is -2.14. The molecule has 0 aliphatic heterocycles. The normalized spacial score (nSPS) is 27.3. The largest absolute Gasteiger partial charge is 0.481 e. The van der Waals surface area contributed by atoms with Gasteiger partial charge in [-0.25, -0.2) is 0 Å². The number of rotatable bonds is 4. The number of carboxylic acids is 1. The molecule has 17 heavy (non-hydrogen) atoms. The summed E-state index contributed by atoms with van der Waals surface area (Å²) in [5.74, 6) is 0.274. The first-order valence-corrected chi connectivity index (χ1v) is 6.07. The van der Waals surface area contributed by atoms with Gasteiger partial charge in [-0.2, -0.15) is 5.10 Å². The van der Waals surface area contributed by atoms with Crippen molar-refractivity contribution < 1.29 is 9.90 Å². The number of anilines is 1. The molecule has 5 nitrogen and oxygen atoms in total. The van der Waals surface area contributed by atoms with Gasteiger partial charge >= 0.3 is 5.97 Å². The van der Waals surface area contributed by atoms with Gasteiger partial charge in [0.1, 0.15) is 5.82 Å². The van der Waals surface area contributed by atoms with Crippen LogP contribution < -0.4 is 5.32 Å². The Hall–Kier alpha value is -1.65. The molecular weight excluding hydrogens is 218 g/mol. The van der Waals surface area contributed by atoms with E-state index in [1.807, 2.05) is 12.1 Å². The van der Waals surface area contributed by atoms with Gasteiger partial charge < -0.3 is 10.4 Å². The standard InChI is InChI=1S/C12H15N3O2/c16-12(17)8-6-10(8)13-11-5-4-9(14-15-11)7-2-1-3-7/h4-5,7-8,10H,1-3,6H2,(H,13,15)(H,16,17). The van der Waals surface area contributed by atoms with Crippen molar-refractivity contribution in [1.29, 1.82) is 0 Å². The molecule has 1 aromatic heterocycles. The topological polar surface area (TPSA) is 75.1 Å². The second kappa shape index (κ2) is 3.98. The van der Waals surface area contributed by atoms with E-state index in [1.54, 1.807) is 0 Å². The first kappa shape index (κ1) is 10.5. The van der Waals surface area contributed by atoms with Crippen molar-refractivity contribution in [3.8, 4) is 0 Å². The number of hydrogen-bond donors (Lipinski definition) is 2. The average Bonchev–Trinajstić information content (AvgIpc) is 2.98. The summed E-state index contributed by atoms with van der Waals surface area (Å²) in [4.78, 5) is 10.7. The number of nitrogens with one attached hydrogen (secondary N) is 1. The molecule has 2 saturated carbocycles. The molecule has 5 heteroatoms. The van der Waals surface area contributed by atoms with E-state index in [0.29, 0.717) is 18.2 Å². The van der Waals surface area contributed by atoms with Crippen molar-refractivity contribution in [2.24, 2.45) is 5.92 Å². The van der Waals surface area contributed by atoms with Crippen LogP contribution in [0.2, 0.25) is 0 Å². The highest BCUT2D eigenvalue weighted by Gasteiger charge is 2.43. The lowest BCUT2D eigenvalue weighted by molar-refractivity contribution is -0.138. The van der Waals surface area contributed by atoms with Crippen molar-refractivity contribution in [2.75, 3.05) is 5.32 Å².